The molecule has 1 aliphatic heterocycles. The molecule has 6 nitrogen and oxygen atoms in total. The van der Waals surface area contributed by atoms with Crippen molar-refractivity contribution in [2.75, 3.05) is 56.6 Å². The van der Waals surface area contributed by atoms with Gasteiger partial charge in [0.2, 0.25) is 0 Å². The van der Waals surface area contributed by atoms with Crippen LogP contribution in [0.3, 0.4) is 0 Å². The monoisotopic (exact) mass is 341 g/mol. The molecule has 1 aromatic heterocycles. The minimum atomic E-state index is 0.776. The summed E-state index contributed by atoms with van der Waals surface area (Å²) in [6, 6.07) is 12.5. The van der Waals surface area contributed by atoms with Gasteiger partial charge in [0.1, 0.15) is 17.5 Å². The second-order valence-electron chi connectivity index (χ2n) is 6.23. The molecule has 6 heteroatoms. The number of nitrogens with one attached hydrogen (secondary N) is 2. The summed E-state index contributed by atoms with van der Waals surface area (Å²) in [7, 11) is 0. The van der Waals surface area contributed by atoms with Gasteiger partial charge in [0.05, 0.1) is 13.2 Å². The van der Waals surface area contributed by atoms with Gasteiger partial charge in [-0.3, -0.25) is 4.90 Å². The maximum atomic E-state index is 5.37. The molecule has 1 aliphatic rings. The Labute approximate surface area is 149 Å². The molecule has 0 saturated carbocycles. The van der Waals surface area contributed by atoms with E-state index in [0.29, 0.717) is 0 Å². The van der Waals surface area contributed by atoms with Gasteiger partial charge in [-0.25, -0.2) is 9.97 Å². The average molecular weight is 341 g/mol. The molecule has 25 heavy (non-hydrogen) atoms. The van der Waals surface area contributed by atoms with Crippen molar-refractivity contribution in [1.29, 1.82) is 0 Å². The van der Waals surface area contributed by atoms with E-state index < -0.39 is 0 Å². The molecule has 134 valence electrons. The van der Waals surface area contributed by atoms with E-state index in [-0.39, 0.29) is 0 Å². The van der Waals surface area contributed by atoms with Gasteiger partial charge < -0.3 is 15.4 Å². The van der Waals surface area contributed by atoms with Gasteiger partial charge in [-0.1, -0.05) is 30.3 Å². The van der Waals surface area contributed by atoms with Crippen LogP contribution in [0.2, 0.25) is 0 Å². The minimum Gasteiger partial charge on any atom is -0.379 e. The van der Waals surface area contributed by atoms with Crippen molar-refractivity contribution in [3.05, 3.63) is 47.8 Å². The van der Waals surface area contributed by atoms with Gasteiger partial charge in [-0.05, 0) is 18.9 Å². The number of morpholine rings is 1. The van der Waals surface area contributed by atoms with Crippen LogP contribution >= 0.6 is 0 Å². The fourth-order valence-electron chi connectivity index (χ4n) is 2.90. The number of rotatable bonds is 8. The zero-order valence-electron chi connectivity index (χ0n) is 14.9. The molecular weight excluding hydrogens is 314 g/mol. The molecule has 0 aliphatic carbocycles. The van der Waals surface area contributed by atoms with Gasteiger partial charge in [-0.15, -0.1) is 0 Å². The molecule has 1 fully saturated rings. The smallest absolute Gasteiger partial charge is 0.131 e. The van der Waals surface area contributed by atoms with Crippen molar-refractivity contribution >= 4 is 11.6 Å². The van der Waals surface area contributed by atoms with E-state index >= 15 is 0 Å². The SMILES string of the molecule is Cc1nc(NCCc2ccccc2)cc(NCCN2CCOCC2)n1. The number of hydrogen-bond donors (Lipinski definition) is 2. The fraction of sp³-hybridized carbons (Fsp3) is 0.474. The number of anilines is 2. The van der Waals surface area contributed by atoms with Crippen LogP contribution in [0.4, 0.5) is 11.6 Å². The zero-order chi connectivity index (χ0) is 17.3. The molecule has 2 heterocycles. The van der Waals surface area contributed by atoms with E-state index in [1.54, 1.807) is 0 Å². The standard InChI is InChI=1S/C19H27N5O/c1-16-22-18(20-8-7-17-5-3-2-4-6-17)15-19(23-16)21-9-10-24-11-13-25-14-12-24/h2-6,15H,7-14H2,1H3,(H2,20,21,22,23). The predicted molar refractivity (Wildman–Crippen MR) is 101 cm³/mol. The summed E-state index contributed by atoms with van der Waals surface area (Å²) in [6.07, 6.45) is 0.976. The van der Waals surface area contributed by atoms with Gasteiger partial charge >= 0.3 is 0 Å². The lowest BCUT2D eigenvalue weighted by molar-refractivity contribution is 0.0398. The Balaban J connectivity index is 1.46. The summed E-state index contributed by atoms with van der Waals surface area (Å²) in [5, 5.41) is 6.80. The minimum absolute atomic E-state index is 0.776. The number of hydrogen-bond acceptors (Lipinski definition) is 6. The van der Waals surface area contributed by atoms with Gasteiger partial charge in [0.25, 0.3) is 0 Å². The molecule has 0 atom stereocenters. The first-order chi connectivity index (χ1) is 12.3. The lowest BCUT2D eigenvalue weighted by Gasteiger charge is -2.26. The first kappa shape index (κ1) is 17.6. The van der Waals surface area contributed by atoms with Crippen LogP contribution in [0.1, 0.15) is 11.4 Å². The van der Waals surface area contributed by atoms with Crippen molar-refractivity contribution in [2.24, 2.45) is 0 Å². The number of aryl methyl sites for hydroxylation is 1. The Hall–Kier alpha value is -2.18. The van der Waals surface area contributed by atoms with Crippen molar-refractivity contribution in [2.45, 2.75) is 13.3 Å². The van der Waals surface area contributed by atoms with Crippen molar-refractivity contribution in [3.8, 4) is 0 Å². The first-order valence-electron chi connectivity index (χ1n) is 8.97. The summed E-state index contributed by atoms with van der Waals surface area (Å²) < 4.78 is 5.37. The van der Waals surface area contributed by atoms with Gasteiger partial charge in [0, 0.05) is 38.8 Å². The molecule has 2 N–H and O–H groups in total. The Kier molecular flexibility index (Phi) is 6.59. The average Bonchev–Trinajstić information content (AvgIpc) is 2.63. The Morgan fingerprint density at radius 3 is 2.40 bits per heavy atom. The van der Waals surface area contributed by atoms with E-state index in [1.165, 1.54) is 5.56 Å². The van der Waals surface area contributed by atoms with E-state index in [0.717, 1.165) is 69.8 Å². The van der Waals surface area contributed by atoms with E-state index in [1.807, 2.05) is 19.1 Å². The molecule has 2 aromatic rings. The highest BCUT2D eigenvalue weighted by Gasteiger charge is 2.09. The largest absolute Gasteiger partial charge is 0.379 e. The first-order valence-corrected chi connectivity index (χ1v) is 8.97. The quantitative estimate of drug-likeness (QED) is 0.767. The molecule has 0 bridgehead atoms. The van der Waals surface area contributed by atoms with Crippen LogP contribution in [0.15, 0.2) is 36.4 Å². The summed E-state index contributed by atoms with van der Waals surface area (Å²) in [5.74, 6) is 2.53. The predicted octanol–water partition coefficient (Wildman–Crippen LogP) is 2.18. The maximum Gasteiger partial charge on any atom is 0.131 e. The second kappa shape index (κ2) is 9.34. The molecule has 3 rings (SSSR count). The maximum absolute atomic E-state index is 5.37. The normalized spacial score (nSPS) is 15.1. The van der Waals surface area contributed by atoms with Crippen molar-refractivity contribution in [1.82, 2.24) is 14.9 Å². The van der Waals surface area contributed by atoms with Crippen LogP contribution in [-0.2, 0) is 11.2 Å². The topological polar surface area (TPSA) is 62.3 Å². The molecule has 0 amide bonds. The van der Waals surface area contributed by atoms with E-state index in [2.05, 4.69) is 49.8 Å². The molecular formula is C19H27N5O. The molecule has 1 aromatic carbocycles. The Morgan fingerprint density at radius 2 is 1.68 bits per heavy atom. The molecule has 1 saturated heterocycles. The highest BCUT2D eigenvalue weighted by molar-refractivity contribution is 5.47. The number of benzene rings is 1. The Bertz CT molecular complexity index is 644. The third-order valence-electron chi connectivity index (χ3n) is 4.24. The summed E-state index contributed by atoms with van der Waals surface area (Å²) in [5.41, 5.74) is 1.32. The summed E-state index contributed by atoms with van der Waals surface area (Å²) in [6.45, 7) is 8.35. The highest BCUT2D eigenvalue weighted by atomic mass is 16.5. The lowest BCUT2D eigenvalue weighted by Crippen LogP contribution is -2.39. The Morgan fingerprint density at radius 1 is 1.00 bits per heavy atom. The van der Waals surface area contributed by atoms with Crippen LogP contribution in [0, 0.1) is 6.92 Å². The molecule has 0 spiro atoms. The summed E-state index contributed by atoms with van der Waals surface area (Å²) in [4.78, 5) is 11.4. The number of ether oxygens (including phenoxy) is 1. The number of aromatic nitrogens is 2. The second-order valence-corrected chi connectivity index (χ2v) is 6.23. The summed E-state index contributed by atoms with van der Waals surface area (Å²) >= 11 is 0. The van der Waals surface area contributed by atoms with Crippen molar-refractivity contribution in [3.63, 3.8) is 0 Å². The van der Waals surface area contributed by atoms with Crippen LogP contribution < -0.4 is 10.6 Å². The van der Waals surface area contributed by atoms with Crippen LogP contribution in [-0.4, -0.2) is 60.8 Å². The zero-order valence-corrected chi connectivity index (χ0v) is 14.9. The lowest BCUT2D eigenvalue weighted by atomic mass is 10.1. The third-order valence-corrected chi connectivity index (χ3v) is 4.24. The fourth-order valence-corrected chi connectivity index (χ4v) is 2.90. The third kappa shape index (κ3) is 5.99. The number of nitrogens with zero attached hydrogens (tertiary/aromatic N) is 3. The van der Waals surface area contributed by atoms with E-state index in [4.69, 9.17) is 4.74 Å². The van der Waals surface area contributed by atoms with Crippen molar-refractivity contribution < 1.29 is 4.74 Å². The van der Waals surface area contributed by atoms with Crippen LogP contribution in [0.25, 0.3) is 0 Å². The molecule has 0 radical (unpaired) electrons. The van der Waals surface area contributed by atoms with Crippen LogP contribution in [0.5, 0.6) is 0 Å². The van der Waals surface area contributed by atoms with Gasteiger partial charge in [-0.2, -0.15) is 0 Å². The highest BCUT2D eigenvalue weighted by Crippen LogP contribution is 2.11. The van der Waals surface area contributed by atoms with E-state index in [9.17, 15) is 0 Å². The van der Waals surface area contributed by atoms with Gasteiger partial charge in [0.15, 0.2) is 0 Å². The molecule has 0 unspecified atom stereocenters.